The smallest absolute Gasteiger partial charge is 0.407 e. The van der Waals surface area contributed by atoms with Gasteiger partial charge in [-0.25, -0.2) is 4.79 Å². The van der Waals surface area contributed by atoms with Crippen LogP contribution >= 0.6 is 0 Å². The van der Waals surface area contributed by atoms with Gasteiger partial charge < -0.3 is 20.5 Å². The Morgan fingerprint density at radius 1 is 1.00 bits per heavy atom. The molecule has 164 valence electrons. The Morgan fingerprint density at radius 2 is 1.61 bits per heavy atom. The van der Waals surface area contributed by atoms with Crippen molar-refractivity contribution in [3.63, 3.8) is 0 Å². The van der Waals surface area contributed by atoms with E-state index in [0.717, 1.165) is 22.3 Å². The summed E-state index contributed by atoms with van der Waals surface area (Å²) in [5.74, 6) is -2.02. The van der Waals surface area contributed by atoms with Gasteiger partial charge in [0.05, 0.1) is 13.1 Å². The average molecular weight is 428 g/mol. The zero-order valence-electron chi connectivity index (χ0n) is 17.0. The number of fused-ring (bicyclic) bond motifs is 3. The van der Waals surface area contributed by atoms with E-state index < -0.39 is 37.1 Å². The molecule has 1 aliphatic carbocycles. The number of carboxylic acids is 1. The Labute approximate surface area is 179 Å². The molecular weight excluding hydrogens is 403 g/mol. The molecule has 8 heteroatoms. The Hall–Kier alpha value is -3.42. The number of aliphatic carboxylic acids is 1. The van der Waals surface area contributed by atoms with Gasteiger partial charge in [-0.2, -0.15) is 0 Å². The monoisotopic (exact) mass is 428 g/mol. The third-order valence-corrected chi connectivity index (χ3v) is 5.19. The summed E-state index contributed by atoms with van der Waals surface area (Å²) in [6.45, 7) is -0.241. The summed E-state index contributed by atoms with van der Waals surface area (Å²) >= 11 is 0. The van der Waals surface area contributed by atoms with Crippen LogP contribution in [0.15, 0.2) is 48.5 Å². The summed E-state index contributed by atoms with van der Waals surface area (Å²) in [6.07, 6.45) is -0.734. The van der Waals surface area contributed by atoms with Crippen LogP contribution < -0.4 is 10.6 Å². The second kappa shape index (κ2) is 10.6. The highest BCUT2D eigenvalue weighted by molar-refractivity contribution is 5.89. The minimum absolute atomic E-state index is 0.0533. The SMILES string of the molecule is O=C(O)CC(NC(=O)OCC1c2ccccc2-c2ccccc21)C(=O)NCCCCF. The number of benzene rings is 2. The van der Waals surface area contributed by atoms with Crippen molar-refractivity contribution in [1.29, 1.82) is 0 Å². The van der Waals surface area contributed by atoms with Crippen LogP contribution in [0.5, 0.6) is 0 Å². The van der Waals surface area contributed by atoms with Crippen LogP contribution in [0.4, 0.5) is 9.18 Å². The topological polar surface area (TPSA) is 105 Å². The van der Waals surface area contributed by atoms with E-state index in [9.17, 15) is 18.8 Å². The molecule has 7 nitrogen and oxygen atoms in total. The van der Waals surface area contributed by atoms with E-state index in [-0.39, 0.29) is 19.1 Å². The van der Waals surface area contributed by atoms with Crippen LogP contribution in [-0.4, -0.2) is 48.9 Å². The summed E-state index contributed by atoms with van der Waals surface area (Å²) in [5.41, 5.74) is 4.26. The van der Waals surface area contributed by atoms with Gasteiger partial charge in [0.25, 0.3) is 0 Å². The highest BCUT2D eigenvalue weighted by Crippen LogP contribution is 2.44. The molecule has 0 fully saturated rings. The minimum Gasteiger partial charge on any atom is -0.481 e. The molecule has 1 aliphatic rings. The summed E-state index contributed by atoms with van der Waals surface area (Å²) in [7, 11) is 0. The number of carbonyl (C=O) groups excluding carboxylic acids is 2. The number of ether oxygens (including phenoxy) is 1. The quantitative estimate of drug-likeness (QED) is 0.504. The molecule has 3 rings (SSSR count). The van der Waals surface area contributed by atoms with Gasteiger partial charge in [0.1, 0.15) is 12.6 Å². The summed E-state index contributed by atoms with van der Waals surface area (Å²) in [4.78, 5) is 35.7. The van der Waals surface area contributed by atoms with Crippen LogP contribution in [0.2, 0.25) is 0 Å². The average Bonchev–Trinajstić information content (AvgIpc) is 3.08. The van der Waals surface area contributed by atoms with E-state index >= 15 is 0 Å². The lowest BCUT2D eigenvalue weighted by molar-refractivity contribution is -0.139. The molecule has 2 aromatic rings. The van der Waals surface area contributed by atoms with E-state index in [2.05, 4.69) is 10.6 Å². The van der Waals surface area contributed by atoms with Crippen molar-refractivity contribution >= 4 is 18.0 Å². The number of alkyl halides is 1. The van der Waals surface area contributed by atoms with Crippen LogP contribution in [0.1, 0.15) is 36.3 Å². The van der Waals surface area contributed by atoms with Gasteiger partial charge in [0.2, 0.25) is 5.91 Å². The normalized spacial score (nSPS) is 13.1. The van der Waals surface area contributed by atoms with Crippen molar-refractivity contribution in [2.75, 3.05) is 19.8 Å². The Morgan fingerprint density at radius 3 is 2.19 bits per heavy atom. The fraction of sp³-hybridized carbons (Fsp3) is 0.348. The molecule has 1 atom stereocenters. The minimum atomic E-state index is -1.28. The molecule has 2 amide bonds. The Balaban J connectivity index is 1.61. The van der Waals surface area contributed by atoms with Crippen LogP contribution in [0.25, 0.3) is 11.1 Å². The molecule has 0 bridgehead atoms. The van der Waals surface area contributed by atoms with Crippen LogP contribution in [-0.2, 0) is 14.3 Å². The van der Waals surface area contributed by atoms with Crippen molar-refractivity contribution in [1.82, 2.24) is 10.6 Å². The maximum atomic E-state index is 12.3. The molecule has 0 saturated heterocycles. The molecule has 0 aromatic heterocycles. The largest absolute Gasteiger partial charge is 0.481 e. The van der Waals surface area contributed by atoms with Gasteiger partial charge >= 0.3 is 12.1 Å². The van der Waals surface area contributed by atoms with Gasteiger partial charge in [0, 0.05) is 12.5 Å². The molecule has 31 heavy (non-hydrogen) atoms. The number of amides is 2. The predicted molar refractivity (Wildman–Crippen MR) is 112 cm³/mol. The van der Waals surface area contributed by atoms with Gasteiger partial charge in [-0.1, -0.05) is 48.5 Å². The molecule has 0 heterocycles. The van der Waals surface area contributed by atoms with Gasteiger partial charge in [0.15, 0.2) is 0 Å². The van der Waals surface area contributed by atoms with Gasteiger partial charge in [-0.3, -0.25) is 14.0 Å². The molecular formula is C23H25FN2O5. The van der Waals surface area contributed by atoms with Crippen LogP contribution in [0, 0.1) is 0 Å². The first-order valence-electron chi connectivity index (χ1n) is 10.2. The van der Waals surface area contributed by atoms with E-state index in [1.165, 1.54) is 0 Å². The Kier molecular flexibility index (Phi) is 7.59. The zero-order valence-corrected chi connectivity index (χ0v) is 17.0. The first-order valence-corrected chi connectivity index (χ1v) is 10.2. The number of nitrogens with one attached hydrogen (secondary N) is 2. The third-order valence-electron chi connectivity index (χ3n) is 5.19. The number of halogens is 1. The second-order valence-corrected chi connectivity index (χ2v) is 7.31. The van der Waals surface area contributed by atoms with E-state index in [1.807, 2.05) is 48.5 Å². The maximum Gasteiger partial charge on any atom is 0.407 e. The zero-order chi connectivity index (χ0) is 22.2. The molecule has 1 unspecified atom stereocenters. The molecule has 0 aliphatic heterocycles. The van der Waals surface area contributed by atoms with E-state index in [1.54, 1.807) is 0 Å². The lowest BCUT2D eigenvalue weighted by Gasteiger charge is -2.18. The van der Waals surface area contributed by atoms with E-state index in [4.69, 9.17) is 9.84 Å². The number of carbonyl (C=O) groups is 3. The van der Waals surface area contributed by atoms with Crippen molar-refractivity contribution in [2.24, 2.45) is 0 Å². The number of hydrogen-bond donors (Lipinski definition) is 3. The third kappa shape index (κ3) is 5.59. The number of alkyl carbamates (subject to hydrolysis) is 1. The fourth-order valence-electron chi connectivity index (χ4n) is 3.72. The summed E-state index contributed by atoms with van der Waals surface area (Å²) in [5, 5.41) is 13.9. The molecule has 0 spiro atoms. The maximum absolute atomic E-state index is 12.3. The van der Waals surface area contributed by atoms with Gasteiger partial charge in [-0.15, -0.1) is 0 Å². The number of hydrogen-bond acceptors (Lipinski definition) is 4. The molecule has 0 saturated carbocycles. The van der Waals surface area contributed by atoms with Crippen molar-refractivity contribution in [2.45, 2.75) is 31.2 Å². The lowest BCUT2D eigenvalue weighted by atomic mass is 9.98. The molecule has 0 radical (unpaired) electrons. The highest BCUT2D eigenvalue weighted by atomic mass is 19.1. The van der Waals surface area contributed by atoms with Crippen molar-refractivity contribution in [3.05, 3.63) is 59.7 Å². The lowest BCUT2D eigenvalue weighted by Crippen LogP contribution is -2.48. The van der Waals surface area contributed by atoms with Crippen molar-refractivity contribution < 1.29 is 28.6 Å². The number of carboxylic acid groups (broad SMARTS) is 1. The summed E-state index contributed by atoms with van der Waals surface area (Å²) in [6, 6.07) is 14.5. The standard InChI is InChI=1S/C23H25FN2O5/c24-11-5-6-12-25-22(29)20(13-21(27)28)26-23(30)31-14-19-17-9-3-1-7-15(17)16-8-2-4-10-18(16)19/h1-4,7-10,19-20H,5-6,11-14H2,(H,25,29)(H,26,30)(H,27,28). The molecule has 2 aromatic carbocycles. The van der Waals surface area contributed by atoms with E-state index in [0.29, 0.717) is 12.8 Å². The van der Waals surface area contributed by atoms with Crippen molar-refractivity contribution in [3.8, 4) is 11.1 Å². The fourth-order valence-corrected chi connectivity index (χ4v) is 3.72. The van der Waals surface area contributed by atoms with Crippen LogP contribution in [0.3, 0.4) is 0 Å². The number of unbranched alkanes of at least 4 members (excludes halogenated alkanes) is 1. The second-order valence-electron chi connectivity index (χ2n) is 7.31. The number of rotatable bonds is 10. The Bertz CT molecular complexity index is 904. The highest BCUT2D eigenvalue weighted by Gasteiger charge is 2.30. The predicted octanol–water partition coefficient (Wildman–Crippen LogP) is 3.23. The first kappa shape index (κ1) is 22.3. The molecule has 3 N–H and O–H groups in total. The first-order chi connectivity index (χ1) is 15.0. The summed E-state index contributed by atoms with van der Waals surface area (Å²) < 4.78 is 17.5. The van der Waals surface area contributed by atoms with Gasteiger partial charge in [-0.05, 0) is 35.1 Å².